The molecule has 5 nitrogen and oxygen atoms in total. The van der Waals surface area contributed by atoms with Crippen LogP contribution in [-0.4, -0.2) is 18.4 Å². The van der Waals surface area contributed by atoms with Gasteiger partial charge in [0.2, 0.25) is 11.8 Å². The largest absolute Gasteiger partial charge is 0.330 e. The molecule has 3 rings (SSSR count). The fraction of sp³-hybridized carbons (Fsp3) is 0.429. The van der Waals surface area contributed by atoms with Crippen LogP contribution < -0.4 is 16.4 Å². The van der Waals surface area contributed by atoms with Crippen molar-refractivity contribution in [3.63, 3.8) is 0 Å². The van der Waals surface area contributed by atoms with Gasteiger partial charge in [-0.3, -0.25) is 9.59 Å². The fourth-order valence-corrected chi connectivity index (χ4v) is 4.46. The molecule has 4 N–H and O–H groups in total. The summed E-state index contributed by atoms with van der Waals surface area (Å²) in [7, 11) is 0. The fourth-order valence-electron chi connectivity index (χ4n) is 3.76. The van der Waals surface area contributed by atoms with E-state index in [9.17, 15) is 9.59 Å². The molecule has 1 aromatic carbocycles. The van der Waals surface area contributed by atoms with E-state index in [-0.39, 0.29) is 29.6 Å². The number of para-hydroxylation sites is 2. The first kappa shape index (κ1) is 22.4. The normalized spacial score (nSPS) is 15.3. The van der Waals surface area contributed by atoms with Gasteiger partial charge in [-0.15, -0.1) is 23.7 Å². The Morgan fingerprint density at radius 2 is 1.61 bits per heavy atom. The molecular formula is C21H28ClN3O2S. The average Bonchev–Trinajstić information content (AvgIpc) is 3.17. The van der Waals surface area contributed by atoms with Crippen LogP contribution in [0.4, 0.5) is 11.4 Å². The van der Waals surface area contributed by atoms with Crippen LogP contribution >= 0.6 is 23.7 Å². The Morgan fingerprint density at radius 3 is 2.18 bits per heavy atom. The van der Waals surface area contributed by atoms with Gasteiger partial charge in [-0.1, -0.05) is 37.5 Å². The van der Waals surface area contributed by atoms with Crippen molar-refractivity contribution in [2.75, 3.05) is 17.2 Å². The Balaban J connectivity index is 0.00000280. The molecule has 0 radical (unpaired) electrons. The van der Waals surface area contributed by atoms with Crippen LogP contribution in [0.1, 0.15) is 43.4 Å². The smallest absolute Gasteiger partial charge is 0.229 e. The SMILES string of the molecule is Cl.NCC1(CC(=O)Nc2ccccc2NC(=O)Cc2cccs2)CCCCC1. The Hall–Kier alpha value is -1.89. The molecule has 1 aliphatic rings. The number of amides is 2. The van der Waals surface area contributed by atoms with Crippen LogP contribution in [0.2, 0.25) is 0 Å². The Bertz CT molecular complexity index is 774. The number of hydrogen-bond donors (Lipinski definition) is 3. The van der Waals surface area contributed by atoms with E-state index >= 15 is 0 Å². The quantitative estimate of drug-likeness (QED) is 0.611. The van der Waals surface area contributed by atoms with E-state index in [0.717, 1.165) is 30.6 Å². The predicted octanol–water partition coefficient (Wildman–Crippen LogP) is 4.59. The molecule has 1 aliphatic carbocycles. The molecule has 0 saturated heterocycles. The highest BCUT2D eigenvalue weighted by molar-refractivity contribution is 7.10. The minimum absolute atomic E-state index is 0. The van der Waals surface area contributed by atoms with E-state index in [2.05, 4.69) is 10.6 Å². The molecule has 28 heavy (non-hydrogen) atoms. The van der Waals surface area contributed by atoms with Crippen molar-refractivity contribution in [3.8, 4) is 0 Å². The summed E-state index contributed by atoms with van der Waals surface area (Å²) in [5.74, 6) is -0.132. The van der Waals surface area contributed by atoms with E-state index in [4.69, 9.17) is 5.73 Å². The lowest BCUT2D eigenvalue weighted by atomic mass is 9.71. The molecule has 0 unspecified atom stereocenters. The lowest BCUT2D eigenvalue weighted by Crippen LogP contribution is -2.36. The van der Waals surface area contributed by atoms with Gasteiger partial charge in [0.05, 0.1) is 17.8 Å². The molecule has 0 spiro atoms. The van der Waals surface area contributed by atoms with Crippen LogP contribution in [0.15, 0.2) is 41.8 Å². The highest BCUT2D eigenvalue weighted by Gasteiger charge is 2.33. The maximum absolute atomic E-state index is 12.7. The van der Waals surface area contributed by atoms with Crippen LogP contribution in [0, 0.1) is 5.41 Å². The van der Waals surface area contributed by atoms with Gasteiger partial charge < -0.3 is 16.4 Å². The summed E-state index contributed by atoms with van der Waals surface area (Å²) in [4.78, 5) is 26.0. The third-order valence-electron chi connectivity index (χ3n) is 5.27. The second kappa shape index (κ2) is 10.6. The topological polar surface area (TPSA) is 84.2 Å². The maximum atomic E-state index is 12.7. The predicted molar refractivity (Wildman–Crippen MR) is 118 cm³/mol. The van der Waals surface area contributed by atoms with E-state index in [1.165, 1.54) is 6.42 Å². The van der Waals surface area contributed by atoms with Gasteiger partial charge in [0.1, 0.15) is 0 Å². The number of benzene rings is 1. The van der Waals surface area contributed by atoms with Crippen LogP contribution in [0.25, 0.3) is 0 Å². The Morgan fingerprint density at radius 1 is 0.964 bits per heavy atom. The second-order valence-corrected chi connectivity index (χ2v) is 8.37. The average molecular weight is 422 g/mol. The number of nitrogens with two attached hydrogens (primary N) is 1. The molecule has 2 amide bonds. The number of halogens is 1. The highest BCUT2D eigenvalue weighted by atomic mass is 35.5. The van der Waals surface area contributed by atoms with E-state index in [0.29, 0.717) is 30.8 Å². The van der Waals surface area contributed by atoms with Crippen molar-refractivity contribution in [2.24, 2.45) is 11.1 Å². The first-order valence-electron chi connectivity index (χ1n) is 9.51. The molecule has 0 atom stereocenters. The standard InChI is InChI=1S/C21H27N3O2S.ClH/c22-15-21(10-4-1-5-11-21)14-20(26)24-18-9-3-2-8-17(18)23-19(25)13-16-7-6-12-27-16;/h2-3,6-9,12H,1,4-5,10-11,13-15,22H2,(H,23,25)(H,24,26);1H. The van der Waals surface area contributed by atoms with Crippen molar-refractivity contribution in [3.05, 3.63) is 46.7 Å². The van der Waals surface area contributed by atoms with E-state index in [1.54, 1.807) is 17.4 Å². The molecule has 1 fully saturated rings. The maximum Gasteiger partial charge on any atom is 0.229 e. The Kier molecular flexibility index (Phi) is 8.48. The van der Waals surface area contributed by atoms with E-state index in [1.807, 2.05) is 35.7 Å². The van der Waals surface area contributed by atoms with Gasteiger partial charge in [-0.05, 0) is 48.4 Å². The third kappa shape index (κ3) is 6.06. The second-order valence-electron chi connectivity index (χ2n) is 7.34. The van der Waals surface area contributed by atoms with Crippen LogP contribution in [-0.2, 0) is 16.0 Å². The van der Waals surface area contributed by atoms with Crippen molar-refractivity contribution >= 4 is 46.9 Å². The van der Waals surface area contributed by atoms with Gasteiger partial charge in [0.15, 0.2) is 0 Å². The lowest BCUT2D eigenvalue weighted by molar-refractivity contribution is -0.119. The van der Waals surface area contributed by atoms with Gasteiger partial charge in [0.25, 0.3) is 0 Å². The van der Waals surface area contributed by atoms with Gasteiger partial charge in [-0.25, -0.2) is 0 Å². The summed E-state index contributed by atoms with van der Waals surface area (Å²) < 4.78 is 0. The molecule has 0 aliphatic heterocycles. The number of thiophene rings is 1. The summed E-state index contributed by atoms with van der Waals surface area (Å²) >= 11 is 1.56. The molecule has 0 bridgehead atoms. The number of hydrogen-bond acceptors (Lipinski definition) is 4. The summed E-state index contributed by atoms with van der Waals surface area (Å²) in [6.07, 6.45) is 6.28. The molecule has 1 heterocycles. The molecule has 2 aromatic rings. The number of carbonyl (C=O) groups is 2. The summed E-state index contributed by atoms with van der Waals surface area (Å²) in [6.45, 7) is 0.541. The first-order valence-corrected chi connectivity index (χ1v) is 10.4. The summed E-state index contributed by atoms with van der Waals surface area (Å²) in [6, 6.07) is 11.2. The Labute approximate surface area is 176 Å². The monoisotopic (exact) mass is 421 g/mol. The number of anilines is 2. The molecule has 152 valence electrons. The minimum Gasteiger partial charge on any atom is -0.330 e. The summed E-state index contributed by atoms with van der Waals surface area (Å²) in [5.41, 5.74) is 7.17. The lowest BCUT2D eigenvalue weighted by Gasteiger charge is -2.35. The molecule has 1 aromatic heterocycles. The third-order valence-corrected chi connectivity index (χ3v) is 6.15. The summed E-state index contributed by atoms with van der Waals surface area (Å²) in [5, 5.41) is 7.84. The van der Waals surface area contributed by atoms with Crippen molar-refractivity contribution in [1.29, 1.82) is 0 Å². The van der Waals surface area contributed by atoms with Crippen molar-refractivity contribution in [1.82, 2.24) is 0 Å². The zero-order chi connectivity index (χ0) is 19.1. The van der Waals surface area contributed by atoms with Crippen molar-refractivity contribution < 1.29 is 9.59 Å². The number of nitrogens with one attached hydrogen (secondary N) is 2. The number of rotatable bonds is 7. The van der Waals surface area contributed by atoms with Gasteiger partial charge in [-0.2, -0.15) is 0 Å². The molecular weight excluding hydrogens is 394 g/mol. The van der Waals surface area contributed by atoms with Gasteiger partial charge in [0, 0.05) is 11.3 Å². The van der Waals surface area contributed by atoms with Crippen LogP contribution in [0.5, 0.6) is 0 Å². The van der Waals surface area contributed by atoms with Crippen LogP contribution in [0.3, 0.4) is 0 Å². The number of carbonyl (C=O) groups excluding carboxylic acids is 2. The van der Waals surface area contributed by atoms with Crippen molar-refractivity contribution in [2.45, 2.75) is 44.9 Å². The first-order chi connectivity index (χ1) is 13.1. The van der Waals surface area contributed by atoms with E-state index < -0.39 is 0 Å². The minimum atomic E-state index is -0.0927. The highest BCUT2D eigenvalue weighted by Crippen LogP contribution is 2.38. The zero-order valence-corrected chi connectivity index (χ0v) is 17.5. The molecule has 7 heteroatoms. The zero-order valence-electron chi connectivity index (χ0n) is 15.9. The molecule has 1 saturated carbocycles. The van der Waals surface area contributed by atoms with Gasteiger partial charge >= 0.3 is 0 Å².